The van der Waals surface area contributed by atoms with E-state index in [-0.39, 0.29) is 11.9 Å². The molecule has 11 nitrogen and oxygen atoms in total. The van der Waals surface area contributed by atoms with Crippen molar-refractivity contribution in [2.75, 3.05) is 26.8 Å². The second kappa shape index (κ2) is 9.25. The van der Waals surface area contributed by atoms with E-state index in [0.717, 1.165) is 10.9 Å². The third kappa shape index (κ3) is 4.33. The van der Waals surface area contributed by atoms with Crippen LogP contribution in [0.4, 0.5) is 0 Å². The number of halogens is 1. The number of benzene rings is 1. The molecule has 1 aromatic carbocycles. The molecule has 3 aromatic heterocycles. The molecule has 0 spiro atoms. The van der Waals surface area contributed by atoms with E-state index in [2.05, 4.69) is 15.3 Å². The molecule has 0 aliphatic carbocycles. The van der Waals surface area contributed by atoms with Gasteiger partial charge in [0.1, 0.15) is 22.9 Å². The molecule has 4 aromatic rings. The van der Waals surface area contributed by atoms with Crippen molar-refractivity contribution in [2.45, 2.75) is 25.6 Å². The summed E-state index contributed by atoms with van der Waals surface area (Å²) >= 11 is 6.22. The van der Waals surface area contributed by atoms with Gasteiger partial charge in [-0.05, 0) is 25.1 Å². The number of hydrogen-bond acceptors (Lipinski definition) is 7. The Balaban J connectivity index is 1.46. The number of hydrogen-bond donors (Lipinski definition) is 3. The number of ether oxygens (including phenoxy) is 1. The largest absolute Gasteiger partial charge is 0.383 e. The van der Waals surface area contributed by atoms with Gasteiger partial charge in [0.2, 0.25) is 5.91 Å². The maximum absolute atomic E-state index is 13.0. The van der Waals surface area contributed by atoms with Crippen LogP contribution in [-0.2, 0) is 16.1 Å². The standard InChI is InChI=1S/C23H25ClN8O3/c1-12(23(34)31-10-14(25)11-31)28-22(33)16-8-26-21-20(16)29-17(9-27-21)19-15-4-3-13(24)7-18(15)32(30-19)5-6-35-2/h3-4,7-9,12,14H,5-6,10-11,25H2,1-2H3,(H,26,27)(H,28,33)/t12-/m1/s1. The summed E-state index contributed by atoms with van der Waals surface area (Å²) in [5.41, 5.74) is 8.86. The summed E-state index contributed by atoms with van der Waals surface area (Å²) < 4.78 is 7.02. The molecule has 12 heteroatoms. The quantitative estimate of drug-likeness (QED) is 0.352. The van der Waals surface area contributed by atoms with Crippen molar-refractivity contribution in [3.63, 3.8) is 0 Å². The number of fused-ring (bicyclic) bond motifs is 2. The Kier molecular flexibility index (Phi) is 6.13. The Labute approximate surface area is 205 Å². The smallest absolute Gasteiger partial charge is 0.255 e. The molecule has 1 atom stereocenters. The average molecular weight is 497 g/mol. The summed E-state index contributed by atoms with van der Waals surface area (Å²) in [5, 5.41) is 8.92. The maximum Gasteiger partial charge on any atom is 0.255 e. The fourth-order valence-corrected chi connectivity index (χ4v) is 4.33. The van der Waals surface area contributed by atoms with Crippen molar-refractivity contribution in [3.05, 3.63) is 41.2 Å². The van der Waals surface area contributed by atoms with Crippen molar-refractivity contribution < 1.29 is 14.3 Å². The number of likely N-dealkylation sites (tertiary alicyclic amines) is 1. The Morgan fingerprint density at radius 2 is 2.17 bits per heavy atom. The summed E-state index contributed by atoms with van der Waals surface area (Å²) in [6, 6.07) is 4.82. The summed E-state index contributed by atoms with van der Waals surface area (Å²) in [6.07, 6.45) is 3.15. The van der Waals surface area contributed by atoms with Gasteiger partial charge in [0.15, 0.2) is 5.65 Å². The molecule has 0 radical (unpaired) electrons. The number of methoxy groups -OCH3 is 1. The van der Waals surface area contributed by atoms with E-state index in [1.165, 1.54) is 6.20 Å². The Morgan fingerprint density at radius 3 is 2.91 bits per heavy atom. The SMILES string of the molecule is COCCn1nc(-c2cnc3[nH]cc(C(=O)N[C@H](C)C(=O)N4CC(N)C4)c3n2)c2ccc(Cl)cc21. The van der Waals surface area contributed by atoms with Gasteiger partial charge < -0.3 is 25.7 Å². The number of rotatable bonds is 7. The number of nitrogens with zero attached hydrogens (tertiary/aromatic N) is 5. The van der Waals surface area contributed by atoms with E-state index in [9.17, 15) is 9.59 Å². The number of H-pyrrole nitrogens is 1. The van der Waals surface area contributed by atoms with Gasteiger partial charge in [-0.25, -0.2) is 9.97 Å². The second-order valence-electron chi connectivity index (χ2n) is 8.58. The highest BCUT2D eigenvalue weighted by Gasteiger charge is 2.31. The first-order valence-corrected chi connectivity index (χ1v) is 11.6. The van der Waals surface area contributed by atoms with Crippen LogP contribution >= 0.6 is 11.6 Å². The highest BCUT2D eigenvalue weighted by Crippen LogP contribution is 2.30. The molecule has 182 valence electrons. The zero-order valence-corrected chi connectivity index (χ0v) is 20.0. The van der Waals surface area contributed by atoms with E-state index in [0.29, 0.717) is 59.4 Å². The minimum Gasteiger partial charge on any atom is -0.383 e. The Morgan fingerprint density at radius 1 is 1.37 bits per heavy atom. The summed E-state index contributed by atoms with van der Waals surface area (Å²) in [5.74, 6) is -0.589. The van der Waals surface area contributed by atoms with Gasteiger partial charge in [-0.3, -0.25) is 14.3 Å². The van der Waals surface area contributed by atoms with E-state index in [1.54, 1.807) is 31.2 Å². The predicted molar refractivity (Wildman–Crippen MR) is 131 cm³/mol. The molecule has 4 heterocycles. The normalized spacial score (nSPS) is 14.9. The van der Waals surface area contributed by atoms with Crippen molar-refractivity contribution >= 4 is 45.5 Å². The van der Waals surface area contributed by atoms with Crippen molar-refractivity contribution in [1.29, 1.82) is 0 Å². The Bertz CT molecular complexity index is 1430. The van der Waals surface area contributed by atoms with Gasteiger partial charge in [-0.1, -0.05) is 11.6 Å². The topological polar surface area (TPSA) is 144 Å². The van der Waals surface area contributed by atoms with E-state index < -0.39 is 11.9 Å². The van der Waals surface area contributed by atoms with Crippen LogP contribution in [0.25, 0.3) is 33.5 Å². The number of aromatic amines is 1. The summed E-state index contributed by atoms with van der Waals surface area (Å²) in [6.45, 7) is 3.67. The van der Waals surface area contributed by atoms with Gasteiger partial charge in [0, 0.05) is 42.8 Å². The lowest BCUT2D eigenvalue weighted by molar-refractivity contribution is -0.137. The molecule has 5 rings (SSSR count). The van der Waals surface area contributed by atoms with E-state index >= 15 is 0 Å². The van der Waals surface area contributed by atoms with Gasteiger partial charge in [-0.15, -0.1) is 0 Å². The molecular formula is C23H25ClN8O3. The molecule has 1 aliphatic rings. The lowest BCUT2D eigenvalue weighted by Gasteiger charge is -2.38. The van der Waals surface area contributed by atoms with Gasteiger partial charge in [0.05, 0.1) is 30.4 Å². The molecule has 0 saturated carbocycles. The van der Waals surface area contributed by atoms with Crippen LogP contribution in [0.15, 0.2) is 30.6 Å². The van der Waals surface area contributed by atoms with Gasteiger partial charge >= 0.3 is 0 Å². The maximum atomic E-state index is 13.0. The molecule has 1 fully saturated rings. The predicted octanol–water partition coefficient (Wildman–Crippen LogP) is 1.56. The monoisotopic (exact) mass is 496 g/mol. The molecule has 35 heavy (non-hydrogen) atoms. The molecule has 0 unspecified atom stereocenters. The minimum atomic E-state index is -0.693. The number of aromatic nitrogens is 5. The molecule has 1 saturated heterocycles. The first kappa shape index (κ1) is 23.2. The molecule has 4 N–H and O–H groups in total. The summed E-state index contributed by atoms with van der Waals surface area (Å²) in [4.78, 5) is 39.3. The third-order valence-electron chi connectivity index (χ3n) is 6.03. The molecular weight excluding hydrogens is 472 g/mol. The number of amides is 2. The third-order valence-corrected chi connectivity index (χ3v) is 6.26. The van der Waals surface area contributed by atoms with E-state index in [1.807, 2.05) is 16.8 Å². The molecule has 0 bridgehead atoms. The number of nitrogens with one attached hydrogen (secondary N) is 2. The fraction of sp³-hybridized carbons (Fsp3) is 0.348. The van der Waals surface area contributed by atoms with Crippen molar-refractivity contribution in [1.82, 2.24) is 34.9 Å². The molecule has 1 aliphatic heterocycles. The van der Waals surface area contributed by atoms with Crippen LogP contribution in [0.3, 0.4) is 0 Å². The van der Waals surface area contributed by atoms with Crippen LogP contribution < -0.4 is 11.1 Å². The first-order chi connectivity index (χ1) is 16.9. The lowest BCUT2D eigenvalue weighted by Crippen LogP contribution is -2.61. The van der Waals surface area contributed by atoms with Crippen LogP contribution in [0.2, 0.25) is 5.02 Å². The van der Waals surface area contributed by atoms with Gasteiger partial charge in [0.25, 0.3) is 5.91 Å². The summed E-state index contributed by atoms with van der Waals surface area (Å²) in [7, 11) is 1.63. The lowest BCUT2D eigenvalue weighted by atomic mass is 10.1. The van der Waals surface area contributed by atoms with Gasteiger partial charge in [-0.2, -0.15) is 5.10 Å². The highest BCUT2D eigenvalue weighted by molar-refractivity contribution is 6.31. The zero-order chi connectivity index (χ0) is 24.7. The van der Waals surface area contributed by atoms with Crippen molar-refractivity contribution in [2.24, 2.45) is 5.73 Å². The first-order valence-electron chi connectivity index (χ1n) is 11.2. The fourth-order valence-electron chi connectivity index (χ4n) is 4.17. The number of carbonyl (C=O) groups excluding carboxylic acids is 2. The van der Waals surface area contributed by atoms with Crippen LogP contribution in [0.5, 0.6) is 0 Å². The van der Waals surface area contributed by atoms with Crippen LogP contribution in [-0.4, -0.2) is 80.3 Å². The number of carbonyl (C=O) groups is 2. The average Bonchev–Trinajstić information content (AvgIpc) is 3.41. The zero-order valence-electron chi connectivity index (χ0n) is 19.3. The Hall–Kier alpha value is -3.54. The van der Waals surface area contributed by atoms with Crippen molar-refractivity contribution in [3.8, 4) is 11.4 Å². The second-order valence-corrected chi connectivity index (χ2v) is 9.02. The van der Waals surface area contributed by atoms with Crippen LogP contribution in [0.1, 0.15) is 17.3 Å². The van der Waals surface area contributed by atoms with E-state index in [4.69, 9.17) is 32.2 Å². The van der Waals surface area contributed by atoms with Crippen LogP contribution in [0, 0.1) is 0 Å². The number of nitrogens with two attached hydrogens (primary N) is 1. The minimum absolute atomic E-state index is 0.00533. The highest BCUT2D eigenvalue weighted by atomic mass is 35.5. The molecule has 2 amide bonds.